The van der Waals surface area contributed by atoms with Crippen LogP contribution in [0.15, 0.2) is 0 Å². The average molecular weight is 250 g/mol. The van der Waals surface area contributed by atoms with Crippen molar-refractivity contribution in [1.82, 2.24) is 10.2 Å². The molecule has 1 heterocycles. The zero-order valence-electron chi connectivity index (χ0n) is 9.73. The molecule has 1 rings (SSSR count). The van der Waals surface area contributed by atoms with Crippen molar-refractivity contribution in [2.75, 3.05) is 19.6 Å². The molecule has 0 aromatic heterocycles. The van der Waals surface area contributed by atoms with E-state index in [0.717, 1.165) is 0 Å². The summed E-state index contributed by atoms with van der Waals surface area (Å²) in [4.78, 5) is 24.4. The van der Waals surface area contributed by atoms with E-state index < -0.39 is 6.04 Å². The fourth-order valence-electron chi connectivity index (χ4n) is 1.67. The molecule has 0 aliphatic carbocycles. The third-order valence-electron chi connectivity index (χ3n) is 2.39. The Morgan fingerprint density at radius 3 is 2.69 bits per heavy atom. The smallest absolute Gasteiger partial charge is 0.240 e. The van der Waals surface area contributed by atoms with Crippen LogP contribution in [-0.2, 0) is 9.59 Å². The van der Waals surface area contributed by atoms with Gasteiger partial charge in [0.2, 0.25) is 11.8 Å². The fraction of sp³-hybridized carbons (Fsp3) is 0.800. The zero-order chi connectivity index (χ0) is 11.4. The van der Waals surface area contributed by atoms with E-state index in [2.05, 4.69) is 5.32 Å². The van der Waals surface area contributed by atoms with Gasteiger partial charge in [-0.25, -0.2) is 0 Å². The first-order valence-corrected chi connectivity index (χ1v) is 5.31. The Hall–Kier alpha value is -0.810. The van der Waals surface area contributed by atoms with Gasteiger partial charge in [-0.1, -0.05) is 13.8 Å². The SMILES string of the molecule is CC(C)C[C@H](N)C(=O)N1CCNC(=O)C1.Cl. The molecule has 16 heavy (non-hydrogen) atoms. The quantitative estimate of drug-likeness (QED) is 0.724. The van der Waals surface area contributed by atoms with E-state index in [1.165, 1.54) is 4.90 Å². The van der Waals surface area contributed by atoms with Gasteiger partial charge in [-0.3, -0.25) is 9.59 Å². The lowest BCUT2D eigenvalue weighted by atomic mass is 10.0. The lowest BCUT2D eigenvalue weighted by Gasteiger charge is -2.29. The summed E-state index contributed by atoms with van der Waals surface area (Å²) < 4.78 is 0. The predicted molar refractivity (Wildman–Crippen MR) is 64.3 cm³/mol. The standard InChI is InChI=1S/C10H19N3O2.ClH/c1-7(2)5-8(11)10(15)13-4-3-12-9(14)6-13;/h7-8H,3-6,11H2,1-2H3,(H,12,14);1H/t8-;/m0./s1. The monoisotopic (exact) mass is 249 g/mol. The summed E-state index contributed by atoms with van der Waals surface area (Å²) in [6.45, 7) is 5.28. The van der Waals surface area contributed by atoms with Gasteiger partial charge >= 0.3 is 0 Å². The van der Waals surface area contributed by atoms with E-state index in [1.807, 2.05) is 13.8 Å². The molecule has 2 amide bonds. The molecule has 1 aliphatic rings. The number of rotatable bonds is 3. The lowest BCUT2D eigenvalue weighted by molar-refractivity contribution is -0.139. The summed E-state index contributed by atoms with van der Waals surface area (Å²) in [6.07, 6.45) is 0.664. The topological polar surface area (TPSA) is 75.4 Å². The van der Waals surface area contributed by atoms with Gasteiger partial charge in [0.05, 0.1) is 12.6 Å². The maximum absolute atomic E-state index is 11.8. The van der Waals surface area contributed by atoms with Crippen LogP contribution in [0.5, 0.6) is 0 Å². The molecular formula is C10H20ClN3O2. The van der Waals surface area contributed by atoms with Crippen molar-refractivity contribution in [3.8, 4) is 0 Å². The number of carbonyl (C=O) groups excluding carboxylic acids is 2. The average Bonchev–Trinajstić information content (AvgIpc) is 2.15. The molecule has 0 bridgehead atoms. The molecule has 0 spiro atoms. The highest BCUT2D eigenvalue weighted by Gasteiger charge is 2.25. The molecule has 0 radical (unpaired) electrons. The van der Waals surface area contributed by atoms with Crippen molar-refractivity contribution >= 4 is 24.2 Å². The highest BCUT2D eigenvalue weighted by Crippen LogP contribution is 2.06. The Bertz CT molecular complexity index is 258. The van der Waals surface area contributed by atoms with Crippen LogP contribution in [0.3, 0.4) is 0 Å². The second kappa shape index (κ2) is 6.70. The first kappa shape index (κ1) is 15.2. The molecule has 0 aromatic rings. The maximum atomic E-state index is 11.8. The molecular weight excluding hydrogens is 230 g/mol. The van der Waals surface area contributed by atoms with Gasteiger partial charge in [0.15, 0.2) is 0 Å². The minimum absolute atomic E-state index is 0. The van der Waals surface area contributed by atoms with Gasteiger partial charge < -0.3 is 16.0 Å². The zero-order valence-corrected chi connectivity index (χ0v) is 10.5. The van der Waals surface area contributed by atoms with Crippen molar-refractivity contribution in [3.05, 3.63) is 0 Å². The summed E-state index contributed by atoms with van der Waals surface area (Å²) in [5.74, 6) is 0.174. The van der Waals surface area contributed by atoms with Crippen LogP contribution in [0.1, 0.15) is 20.3 Å². The number of piperazine rings is 1. The van der Waals surface area contributed by atoms with Gasteiger partial charge in [-0.05, 0) is 12.3 Å². The van der Waals surface area contributed by atoms with Gasteiger partial charge in [0, 0.05) is 13.1 Å². The molecule has 1 atom stereocenters. The first-order valence-electron chi connectivity index (χ1n) is 5.31. The lowest BCUT2D eigenvalue weighted by Crippen LogP contribution is -2.54. The molecule has 1 fully saturated rings. The van der Waals surface area contributed by atoms with E-state index in [0.29, 0.717) is 25.4 Å². The van der Waals surface area contributed by atoms with Gasteiger partial charge in [0.1, 0.15) is 0 Å². The van der Waals surface area contributed by atoms with E-state index in [4.69, 9.17) is 5.73 Å². The highest BCUT2D eigenvalue weighted by atomic mass is 35.5. The normalized spacial score (nSPS) is 17.8. The largest absolute Gasteiger partial charge is 0.353 e. The molecule has 0 aromatic carbocycles. The molecule has 94 valence electrons. The van der Waals surface area contributed by atoms with Crippen LogP contribution < -0.4 is 11.1 Å². The number of hydrogen-bond donors (Lipinski definition) is 2. The number of nitrogens with zero attached hydrogens (tertiary/aromatic N) is 1. The summed E-state index contributed by atoms with van der Waals surface area (Å²) in [5.41, 5.74) is 5.77. The van der Waals surface area contributed by atoms with Crippen molar-refractivity contribution in [3.63, 3.8) is 0 Å². The first-order chi connectivity index (χ1) is 7.00. The number of hydrogen-bond acceptors (Lipinski definition) is 3. The number of nitrogens with one attached hydrogen (secondary N) is 1. The second-order valence-electron chi connectivity index (χ2n) is 4.35. The minimum atomic E-state index is -0.476. The van der Waals surface area contributed by atoms with E-state index >= 15 is 0 Å². The number of amides is 2. The van der Waals surface area contributed by atoms with Crippen LogP contribution >= 0.6 is 12.4 Å². The Balaban J connectivity index is 0.00000225. The maximum Gasteiger partial charge on any atom is 0.240 e. The van der Waals surface area contributed by atoms with Crippen LogP contribution in [0.2, 0.25) is 0 Å². The molecule has 5 nitrogen and oxygen atoms in total. The van der Waals surface area contributed by atoms with E-state index in [-0.39, 0.29) is 30.8 Å². The molecule has 0 unspecified atom stereocenters. The van der Waals surface area contributed by atoms with Gasteiger partial charge in [-0.15, -0.1) is 12.4 Å². The summed E-state index contributed by atoms with van der Waals surface area (Å²) in [7, 11) is 0. The van der Waals surface area contributed by atoms with E-state index in [9.17, 15) is 9.59 Å². The van der Waals surface area contributed by atoms with Crippen molar-refractivity contribution in [2.24, 2.45) is 11.7 Å². The van der Waals surface area contributed by atoms with Gasteiger partial charge in [-0.2, -0.15) is 0 Å². The number of halogens is 1. The van der Waals surface area contributed by atoms with Crippen molar-refractivity contribution < 1.29 is 9.59 Å². The Labute approximate surface area is 102 Å². The molecule has 0 saturated carbocycles. The van der Waals surface area contributed by atoms with Crippen LogP contribution in [0.25, 0.3) is 0 Å². The Morgan fingerprint density at radius 2 is 2.19 bits per heavy atom. The third-order valence-corrected chi connectivity index (χ3v) is 2.39. The number of carbonyl (C=O) groups is 2. The minimum Gasteiger partial charge on any atom is -0.353 e. The molecule has 1 aliphatic heterocycles. The fourth-order valence-corrected chi connectivity index (χ4v) is 1.67. The number of nitrogens with two attached hydrogens (primary N) is 1. The van der Waals surface area contributed by atoms with Gasteiger partial charge in [0.25, 0.3) is 0 Å². The summed E-state index contributed by atoms with van der Waals surface area (Å²) in [6, 6.07) is -0.476. The predicted octanol–water partition coefficient (Wildman–Crippen LogP) is -0.260. The van der Waals surface area contributed by atoms with E-state index in [1.54, 1.807) is 0 Å². The van der Waals surface area contributed by atoms with Crippen LogP contribution in [0, 0.1) is 5.92 Å². The van der Waals surface area contributed by atoms with Crippen LogP contribution in [0.4, 0.5) is 0 Å². The van der Waals surface area contributed by atoms with Crippen LogP contribution in [-0.4, -0.2) is 42.4 Å². The Morgan fingerprint density at radius 1 is 1.56 bits per heavy atom. The van der Waals surface area contributed by atoms with Crippen molar-refractivity contribution in [1.29, 1.82) is 0 Å². The summed E-state index contributed by atoms with van der Waals surface area (Å²) >= 11 is 0. The molecule has 6 heteroatoms. The highest BCUT2D eigenvalue weighted by molar-refractivity contribution is 5.88. The summed E-state index contributed by atoms with van der Waals surface area (Å²) in [5, 5.41) is 2.67. The second-order valence-corrected chi connectivity index (χ2v) is 4.35. The molecule has 1 saturated heterocycles. The van der Waals surface area contributed by atoms with Crippen molar-refractivity contribution in [2.45, 2.75) is 26.3 Å². The Kier molecular flexibility index (Phi) is 6.36. The third kappa shape index (κ3) is 4.37. The molecule has 3 N–H and O–H groups in total.